The van der Waals surface area contributed by atoms with Gasteiger partial charge in [0.1, 0.15) is 46.0 Å². The summed E-state index contributed by atoms with van der Waals surface area (Å²) in [7, 11) is 0. The van der Waals surface area contributed by atoms with Crippen molar-refractivity contribution < 1.29 is 18.9 Å². The van der Waals surface area contributed by atoms with Crippen molar-refractivity contribution in [3.63, 3.8) is 0 Å². The van der Waals surface area contributed by atoms with Gasteiger partial charge in [-0.15, -0.1) is 0 Å². The van der Waals surface area contributed by atoms with Crippen molar-refractivity contribution in [3.05, 3.63) is 170 Å². The first kappa shape index (κ1) is 32.9. The van der Waals surface area contributed by atoms with Crippen LogP contribution in [0.4, 0.5) is 22.7 Å². The van der Waals surface area contributed by atoms with Gasteiger partial charge in [0.05, 0.1) is 0 Å². The van der Waals surface area contributed by atoms with Crippen LogP contribution in [0.5, 0.6) is 46.0 Å². The average molecular weight is 661 g/mol. The first-order valence-corrected chi connectivity index (χ1v) is 15.8. The van der Waals surface area contributed by atoms with Gasteiger partial charge < -0.3 is 41.9 Å². The maximum absolute atomic E-state index is 5.83. The van der Waals surface area contributed by atoms with Gasteiger partial charge in [-0.3, -0.25) is 0 Å². The molecule has 0 radical (unpaired) electrons. The van der Waals surface area contributed by atoms with E-state index in [1.54, 1.807) is 12.1 Å². The molecule has 0 aliphatic rings. The fourth-order valence-electron chi connectivity index (χ4n) is 4.80. The minimum atomic E-state index is 0.657. The van der Waals surface area contributed by atoms with Crippen LogP contribution in [-0.4, -0.2) is 0 Å². The topological polar surface area (TPSA) is 141 Å². The van der Waals surface area contributed by atoms with Crippen LogP contribution in [0.25, 0.3) is 11.1 Å². The Morgan fingerprint density at radius 2 is 0.520 bits per heavy atom. The second-order valence-corrected chi connectivity index (χ2v) is 11.2. The van der Waals surface area contributed by atoms with Gasteiger partial charge in [-0.1, -0.05) is 42.5 Å². The summed E-state index contributed by atoms with van der Waals surface area (Å²) in [6, 6.07) is 52.5. The number of anilines is 4. The number of ether oxygens (including phenoxy) is 4. The Kier molecular flexibility index (Phi) is 10.3. The van der Waals surface area contributed by atoms with E-state index in [2.05, 4.69) is 0 Å². The molecule has 7 rings (SSSR count). The summed E-state index contributed by atoms with van der Waals surface area (Å²) in [5.41, 5.74) is 27.8. The van der Waals surface area contributed by atoms with Gasteiger partial charge >= 0.3 is 0 Å². The van der Waals surface area contributed by atoms with Crippen LogP contribution < -0.4 is 41.9 Å². The SMILES string of the molecule is Nc1ccc(Oc2ccc(-c3ccc(Oc4ccc(N)cc4)cc3)cc2)cc1.Nc1cccc(Oc2cccc(Oc3cccc(N)c3)c2)c1. The van der Waals surface area contributed by atoms with Crippen molar-refractivity contribution in [2.45, 2.75) is 0 Å². The molecule has 0 saturated carbocycles. The van der Waals surface area contributed by atoms with Crippen LogP contribution in [0.1, 0.15) is 0 Å². The third-order valence-electron chi connectivity index (χ3n) is 7.27. The van der Waals surface area contributed by atoms with Gasteiger partial charge in [0.15, 0.2) is 0 Å². The van der Waals surface area contributed by atoms with E-state index in [0.29, 0.717) is 45.7 Å². The molecule has 0 aromatic heterocycles. The van der Waals surface area contributed by atoms with Crippen LogP contribution in [0.15, 0.2) is 170 Å². The lowest BCUT2D eigenvalue weighted by Gasteiger charge is -2.09. The lowest BCUT2D eigenvalue weighted by atomic mass is 10.1. The standard InChI is InChI=1S/C24H20N2O2.C18H16N2O2/c25-19-5-13-23(14-6-19)27-21-9-1-17(2-10-21)18-3-11-22(12-4-18)28-24-15-7-20(26)8-16-24;19-13-4-1-6-15(10-13)21-17-8-3-9-18(12-17)22-16-7-2-5-14(20)11-16/h1-16H,25-26H2;1-12H,19-20H2. The maximum atomic E-state index is 5.83. The van der Waals surface area contributed by atoms with E-state index in [0.717, 1.165) is 34.1 Å². The van der Waals surface area contributed by atoms with Gasteiger partial charge in [0.25, 0.3) is 0 Å². The molecule has 0 bridgehead atoms. The fourth-order valence-corrected chi connectivity index (χ4v) is 4.80. The molecule has 50 heavy (non-hydrogen) atoms. The summed E-state index contributed by atoms with van der Waals surface area (Å²) in [5, 5.41) is 0. The molecule has 248 valence electrons. The number of benzene rings is 7. The number of rotatable bonds is 9. The summed E-state index contributed by atoms with van der Waals surface area (Å²) >= 11 is 0. The highest BCUT2D eigenvalue weighted by Crippen LogP contribution is 2.31. The van der Waals surface area contributed by atoms with E-state index < -0.39 is 0 Å². The van der Waals surface area contributed by atoms with E-state index in [1.165, 1.54) is 0 Å². The monoisotopic (exact) mass is 660 g/mol. The summed E-state index contributed by atoms with van der Waals surface area (Å²) in [6.45, 7) is 0. The molecule has 0 fully saturated rings. The van der Waals surface area contributed by atoms with Crippen LogP contribution in [0, 0.1) is 0 Å². The molecule has 0 atom stereocenters. The third kappa shape index (κ3) is 9.49. The molecule has 7 aromatic carbocycles. The van der Waals surface area contributed by atoms with E-state index >= 15 is 0 Å². The average Bonchev–Trinajstić information content (AvgIpc) is 3.12. The number of hydrogen-bond acceptors (Lipinski definition) is 8. The Morgan fingerprint density at radius 1 is 0.240 bits per heavy atom. The molecule has 8 N–H and O–H groups in total. The van der Waals surface area contributed by atoms with E-state index in [9.17, 15) is 0 Å². The first-order chi connectivity index (χ1) is 24.3. The van der Waals surface area contributed by atoms with Crippen molar-refractivity contribution in [3.8, 4) is 57.1 Å². The Bertz CT molecular complexity index is 1980. The molecular weight excluding hydrogens is 624 g/mol. The molecule has 8 nitrogen and oxygen atoms in total. The van der Waals surface area contributed by atoms with Crippen molar-refractivity contribution in [1.82, 2.24) is 0 Å². The molecule has 0 heterocycles. The largest absolute Gasteiger partial charge is 0.457 e. The second kappa shape index (κ2) is 15.7. The predicted octanol–water partition coefficient (Wildman–Crippen LogP) is 10.5. The smallest absolute Gasteiger partial charge is 0.131 e. The van der Waals surface area contributed by atoms with Gasteiger partial charge in [0, 0.05) is 40.9 Å². The number of hydrogen-bond donors (Lipinski definition) is 4. The predicted molar refractivity (Wildman–Crippen MR) is 202 cm³/mol. The molecule has 0 unspecified atom stereocenters. The minimum Gasteiger partial charge on any atom is -0.457 e. The van der Waals surface area contributed by atoms with Crippen LogP contribution in [0.2, 0.25) is 0 Å². The van der Waals surface area contributed by atoms with Gasteiger partial charge in [0.2, 0.25) is 0 Å². The Balaban J connectivity index is 0.000000178. The third-order valence-corrected chi connectivity index (χ3v) is 7.27. The zero-order valence-electron chi connectivity index (χ0n) is 27.1. The second-order valence-electron chi connectivity index (χ2n) is 11.2. The zero-order valence-corrected chi connectivity index (χ0v) is 27.1. The quantitative estimate of drug-likeness (QED) is 0.112. The lowest BCUT2D eigenvalue weighted by molar-refractivity contribution is 0.460. The van der Waals surface area contributed by atoms with Crippen LogP contribution >= 0.6 is 0 Å². The van der Waals surface area contributed by atoms with Crippen molar-refractivity contribution in [2.75, 3.05) is 22.9 Å². The first-order valence-electron chi connectivity index (χ1n) is 15.8. The van der Waals surface area contributed by atoms with Crippen LogP contribution in [-0.2, 0) is 0 Å². The number of nitrogens with two attached hydrogens (primary N) is 4. The Labute approximate surface area is 291 Å². The Hall–Kier alpha value is -7.06. The van der Waals surface area contributed by atoms with Crippen molar-refractivity contribution in [1.29, 1.82) is 0 Å². The van der Waals surface area contributed by atoms with Crippen molar-refractivity contribution >= 4 is 22.7 Å². The highest BCUT2D eigenvalue weighted by Gasteiger charge is 2.04. The molecule has 0 aliphatic carbocycles. The summed E-state index contributed by atoms with van der Waals surface area (Å²) in [6.07, 6.45) is 0. The summed E-state index contributed by atoms with van der Waals surface area (Å²) in [5.74, 6) is 5.77. The Morgan fingerprint density at radius 3 is 0.860 bits per heavy atom. The molecule has 0 amide bonds. The maximum Gasteiger partial charge on any atom is 0.131 e. The summed E-state index contributed by atoms with van der Waals surface area (Å²) < 4.78 is 23.2. The van der Waals surface area contributed by atoms with Gasteiger partial charge in [-0.25, -0.2) is 0 Å². The highest BCUT2D eigenvalue weighted by atomic mass is 16.5. The van der Waals surface area contributed by atoms with Gasteiger partial charge in [-0.2, -0.15) is 0 Å². The molecular formula is C42H36N4O4. The molecule has 7 aromatic rings. The van der Waals surface area contributed by atoms with Gasteiger partial charge in [-0.05, 0) is 120 Å². The molecule has 0 aliphatic heterocycles. The fraction of sp³-hybridized carbons (Fsp3) is 0. The number of nitrogen functional groups attached to an aromatic ring is 4. The van der Waals surface area contributed by atoms with Crippen molar-refractivity contribution in [2.24, 2.45) is 0 Å². The van der Waals surface area contributed by atoms with Crippen LogP contribution in [0.3, 0.4) is 0 Å². The normalized spacial score (nSPS) is 10.3. The van der Waals surface area contributed by atoms with E-state index in [-0.39, 0.29) is 0 Å². The highest BCUT2D eigenvalue weighted by molar-refractivity contribution is 5.65. The molecule has 0 spiro atoms. The minimum absolute atomic E-state index is 0.657. The van der Waals surface area contributed by atoms with E-state index in [4.69, 9.17) is 41.9 Å². The molecule has 8 heteroatoms. The zero-order chi connectivity index (χ0) is 34.7. The van der Waals surface area contributed by atoms with E-state index in [1.807, 2.05) is 158 Å². The molecule has 0 saturated heterocycles. The lowest BCUT2D eigenvalue weighted by Crippen LogP contribution is -1.90. The summed E-state index contributed by atoms with van der Waals surface area (Å²) in [4.78, 5) is 0.